The van der Waals surface area contributed by atoms with Gasteiger partial charge in [0.1, 0.15) is 5.52 Å². The molecule has 0 saturated carbocycles. The van der Waals surface area contributed by atoms with Crippen LogP contribution < -0.4 is 5.73 Å². The first-order valence-electron chi connectivity index (χ1n) is 6.40. The maximum absolute atomic E-state index is 6.21. The van der Waals surface area contributed by atoms with E-state index in [0.29, 0.717) is 5.02 Å². The predicted molar refractivity (Wildman–Crippen MR) is 75.8 cm³/mol. The number of fused-ring (bicyclic) bond motifs is 1. The number of hydrogen-bond acceptors (Lipinski definition) is 3. The highest BCUT2D eigenvalue weighted by Crippen LogP contribution is 2.22. The minimum absolute atomic E-state index is 0.692. The molecule has 4 heteroatoms. The number of nitrogens with zero attached hydrogens (tertiary/aromatic N) is 2. The third-order valence-electron chi connectivity index (χ3n) is 3.01. The van der Waals surface area contributed by atoms with E-state index in [4.69, 9.17) is 17.3 Å². The van der Waals surface area contributed by atoms with Crippen LogP contribution in [0.15, 0.2) is 24.5 Å². The fourth-order valence-electron chi connectivity index (χ4n) is 2.06. The Hall–Kier alpha value is -1.19. The largest absolute Gasteiger partial charge is 0.330 e. The van der Waals surface area contributed by atoms with E-state index in [1.807, 2.05) is 6.07 Å². The lowest BCUT2D eigenvalue weighted by atomic mass is 10.1. The molecule has 3 nitrogen and oxygen atoms in total. The Bertz CT molecular complexity index is 513. The number of hydrogen-bond donors (Lipinski definition) is 1. The summed E-state index contributed by atoms with van der Waals surface area (Å²) in [5.41, 5.74) is 8.37. The molecule has 0 bridgehead atoms. The first-order chi connectivity index (χ1) is 8.81. The molecule has 0 saturated heterocycles. The maximum Gasteiger partial charge on any atom is 0.107 e. The Morgan fingerprint density at radius 2 is 1.78 bits per heavy atom. The van der Waals surface area contributed by atoms with Crippen LogP contribution in [0, 0.1) is 0 Å². The van der Waals surface area contributed by atoms with E-state index >= 15 is 0 Å². The number of rotatable bonds is 6. The standard InChI is InChI=1S/C14H18ClN3/c15-12-9-11(5-3-1-2-4-6-16)10-13-14(12)18-8-7-17-13/h7-10H,1-6,16H2. The van der Waals surface area contributed by atoms with Gasteiger partial charge in [0.2, 0.25) is 0 Å². The molecule has 0 aliphatic carbocycles. The quantitative estimate of drug-likeness (QED) is 0.813. The van der Waals surface area contributed by atoms with Gasteiger partial charge in [0, 0.05) is 12.4 Å². The number of halogens is 1. The molecular weight excluding hydrogens is 246 g/mol. The van der Waals surface area contributed by atoms with Crippen LogP contribution in [0.4, 0.5) is 0 Å². The molecule has 2 rings (SSSR count). The van der Waals surface area contributed by atoms with E-state index in [9.17, 15) is 0 Å². The van der Waals surface area contributed by atoms with Gasteiger partial charge in [-0.15, -0.1) is 0 Å². The van der Waals surface area contributed by atoms with Gasteiger partial charge in [0.05, 0.1) is 10.5 Å². The van der Waals surface area contributed by atoms with Gasteiger partial charge in [-0.1, -0.05) is 24.4 Å². The number of unbranched alkanes of at least 4 members (excludes halogenated alkanes) is 3. The van der Waals surface area contributed by atoms with Gasteiger partial charge in [-0.05, 0) is 43.5 Å². The van der Waals surface area contributed by atoms with Crippen LogP contribution in [-0.2, 0) is 6.42 Å². The summed E-state index contributed by atoms with van der Waals surface area (Å²) >= 11 is 6.21. The molecule has 18 heavy (non-hydrogen) atoms. The first-order valence-corrected chi connectivity index (χ1v) is 6.78. The van der Waals surface area contributed by atoms with Crippen LogP contribution in [0.1, 0.15) is 31.2 Å². The lowest BCUT2D eigenvalue weighted by Gasteiger charge is -2.05. The Morgan fingerprint density at radius 3 is 2.61 bits per heavy atom. The summed E-state index contributed by atoms with van der Waals surface area (Å²) in [6, 6.07) is 4.08. The third kappa shape index (κ3) is 3.40. The van der Waals surface area contributed by atoms with Crippen LogP contribution in [0.3, 0.4) is 0 Å². The molecule has 1 aromatic carbocycles. The number of aryl methyl sites for hydroxylation is 1. The predicted octanol–water partition coefficient (Wildman–Crippen LogP) is 3.34. The lowest BCUT2D eigenvalue weighted by molar-refractivity contribution is 0.647. The lowest BCUT2D eigenvalue weighted by Crippen LogP contribution is -1.98. The fraction of sp³-hybridized carbons (Fsp3) is 0.429. The molecule has 0 fully saturated rings. The average molecular weight is 264 g/mol. The molecule has 0 spiro atoms. The van der Waals surface area contributed by atoms with Crippen molar-refractivity contribution in [3.05, 3.63) is 35.1 Å². The van der Waals surface area contributed by atoms with Crippen molar-refractivity contribution in [1.82, 2.24) is 9.97 Å². The van der Waals surface area contributed by atoms with Crippen molar-refractivity contribution in [3.8, 4) is 0 Å². The Morgan fingerprint density at radius 1 is 1.00 bits per heavy atom. The molecule has 96 valence electrons. The fourth-order valence-corrected chi connectivity index (χ4v) is 2.34. The van der Waals surface area contributed by atoms with E-state index < -0.39 is 0 Å². The molecule has 1 aromatic heterocycles. The van der Waals surface area contributed by atoms with Crippen LogP contribution >= 0.6 is 11.6 Å². The SMILES string of the molecule is NCCCCCCc1cc(Cl)c2nccnc2c1. The summed E-state index contributed by atoms with van der Waals surface area (Å²) in [6.07, 6.45) is 9.11. The van der Waals surface area contributed by atoms with E-state index in [2.05, 4.69) is 16.0 Å². The van der Waals surface area contributed by atoms with Crippen LogP contribution in [-0.4, -0.2) is 16.5 Å². The maximum atomic E-state index is 6.21. The summed E-state index contributed by atoms with van der Waals surface area (Å²) in [7, 11) is 0. The van der Waals surface area contributed by atoms with Gasteiger partial charge in [-0.3, -0.25) is 9.97 Å². The van der Waals surface area contributed by atoms with Crippen molar-refractivity contribution in [2.45, 2.75) is 32.1 Å². The Kier molecular flexibility index (Phi) is 4.90. The summed E-state index contributed by atoms with van der Waals surface area (Å²) in [5.74, 6) is 0. The highest BCUT2D eigenvalue weighted by molar-refractivity contribution is 6.34. The monoisotopic (exact) mass is 263 g/mol. The minimum Gasteiger partial charge on any atom is -0.330 e. The highest BCUT2D eigenvalue weighted by Gasteiger charge is 2.04. The van der Waals surface area contributed by atoms with Gasteiger partial charge in [0.25, 0.3) is 0 Å². The normalized spacial score (nSPS) is 11.0. The van der Waals surface area contributed by atoms with Crippen molar-refractivity contribution >= 4 is 22.6 Å². The topological polar surface area (TPSA) is 51.8 Å². The second kappa shape index (κ2) is 6.66. The van der Waals surface area contributed by atoms with Gasteiger partial charge in [0.15, 0.2) is 0 Å². The van der Waals surface area contributed by atoms with Crippen LogP contribution in [0.2, 0.25) is 5.02 Å². The second-order valence-corrected chi connectivity index (χ2v) is 4.86. The molecule has 1 heterocycles. The molecule has 2 aromatic rings. The van der Waals surface area contributed by atoms with Crippen molar-refractivity contribution in [2.75, 3.05) is 6.54 Å². The van der Waals surface area contributed by atoms with Gasteiger partial charge >= 0.3 is 0 Å². The van der Waals surface area contributed by atoms with Crippen LogP contribution in [0.25, 0.3) is 11.0 Å². The Labute approximate surface area is 112 Å². The average Bonchev–Trinajstić information content (AvgIpc) is 2.39. The van der Waals surface area contributed by atoms with E-state index in [1.165, 1.54) is 24.8 Å². The summed E-state index contributed by atoms with van der Waals surface area (Å²) in [4.78, 5) is 8.53. The molecule has 0 radical (unpaired) electrons. The molecule has 0 aliphatic rings. The molecule has 0 amide bonds. The zero-order chi connectivity index (χ0) is 12.8. The van der Waals surface area contributed by atoms with E-state index in [1.54, 1.807) is 12.4 Å². The van der Waals surface area contributed by atoms with Crippen LogP contribution in [0.5, 0.6) is 0 Å². The highest BCUT2D eigenvalue weighted by atomic mass is 35.5. The van der Waals surface area contributed by atoms with E-state index in [0.717, 1.165) is 30.4 Å². The van der Waals surface area contributed by atoms with Crippen molar-refractivity contribution in [2.24, 2.45) is 5.73 Å². The number of aromatic nitrogens is 2. The molecular formula is C14H18ClN3. The summed E-state index contributed by atoms with van der Waals surface area (Å²) in [6.45, 7) is 0.789. The zero-order valence-electron chi connectivity index (χ0n) is 10.4. The molecule has 0 aliphatic heterocycles. The van der Waals surface area contributed by atoms with Crippen molar-refractivity contribution in [3.63, 3.8) is 0 Å². The number of benzene rings is 1. The Balaban J connectivity index is 2.01. The van der Waals surface area contributed by atoms with Gasteiger partial charge in [-0.25, -0.2) is 0 Å². The van der Waals surface area contributed by atoms with Gasteiger partial charge in [-0.2, -0.15) is 0 Å². The first kappa shape index (κ1) is 13.2. The number of nitrogens with two attached hydrogens (primary N) is 1. The van der Waals surface area contributed by atoms with Gasteiger partial charge < -0.3 is 5.73 Å². The summed E-state index contributed by atoms with van der Waals surface area (Å²) < 4.78 is 0. The minimum atomic E-state index is 0.692. The second-order valence-electron chi connectivity index (χ2n) is 4.45. The molecule has 2 N–H and O–H groups in total. The van der Waals surface area contributed by atoms with E-state index in [-0.39, 0.29) is 0 Å². The third-order valence-corrected chi connectivity index (χ3v) is 3.29. The van der Waals surface area contributed by atoms with Crippen molar-refractivity contribution in [1.29, 1.82) is 0 Å². The van der Waals surface area contributed by atoms with Crippen molar-refractivity contribution < 1.29 is 0 Å². The zero-order valence-corrected chi connectivity index (χ0v) is 11.2. The smallest absolute Gasteiger partial charge is 0.107 e. The molecule has 0 atom stereocenters. The summed E-state index contributed by atoms with van der Waals surface area (Å²) in [5, 5.41) is 0.692. The molecule has 0 unspecified atom stereocenters.